The molecule has 3 N–H and O–H groups in total. The van der Waals surface area contributed by atoms with Crippen LogP contribution in [0.2, 0.25) is 18.1 Å². The van der Waals surface area contributed by atoms with Crippen molar-refractivity contribution in [3.8, 4) is 17.3 Å². The molecular weight excluding hydrogens is 518 g/mol. The van der Waals surface area contributed by atoms with E-state index >= 15 is 0 Å². The fourth-order valence-electron chi connectivity index (χ4n) is 4.50. The van der Waals surface area contributed by atoms with Crippen LogP contribution in [-0.2, 0) is 16.4 Å². The highest BCUT2D eigenvalue weighted by Crippen LogP contribution is 2.44. The first kappa shape index (κ1) is 29.7. The van der Waals surface area contributed by atoms with Crippen LogP contribution >= 0.6 is 0 Å². The zero-order valence-electron chi connectivity index (χ0n) is 25.3. The van der Waals surface area contributed by atoms with Gasteiger partial charge in [0.1, 0.15) is 11.9 Å². The molecule has 2 aromatic heterocycles. The molecule has 1 aromatic carbocycles. The molecule has 0 radical (unpaired) electrons. The van der Waals surface area contributed by atoms with Crippen molar-refractivity contribution in [2.75, 3.05) is 23.8 Å². The van der Waals surface area contributed by atoms with Crippen molar-refractivity contribution < 1.29 is 9.53 Å². The SMILES string of the molecule is Cc1cc(Nc2nccc(-c3cc(C#N)c4c(c3)[C@@](C)(CO[Si](C)(C)C(C)(C)C)CN4)n2)n(CCC(C)(C)O)n1. The lowest BCUT2D eigenvalue weighted by molar-refractivity contribution is 0.0653. The first-order valence-electron chi connectivity index (χ1n) is 13.9. The summed E-state index contributed by atoms with van der Waals surface area (Å²) in [5.41, 5.74) is 3.92. The molecule has 1 aliphatic heterocycles. The van der Waals surface area contributed by atoms with E-state index in [1.54, 1.807) is 20.0 Å². The highest BCUT2D eigenvalue weighted by Gasteiger charge is 2.42. The van der Waals surface area contributed by atoms with E-state index < -0.39 is 13.9 Å². The van der Waals surface area contributed by atoms with Crippen LogP contribution in [0.4, 0.5) is 17.5 Å². The minimum absolute atomic E-state index is 0.116. The Morgan fingerprint density at radius 3 is 2.60 bits per heavy atom. The maximum absolute atomic E-state index is 10.2. The standard InChI is InChI=1S/C30H43N7O2Si/c1-20-14-25(37(36-20)13-11-29(5,6)38)35-27-32-12-10-24(34-27)21-15-22(17-31)26-23(16-21)30(7,18-33-26)19-39-40(8,9)28(2,3)4/h10,12,14-16,33,38H,11,13,18-19H2,1-9H3,(H,32,34,35)/t30-/m1/s1. The van der Waals surface area contributed by atoms with Crippen molar-refractivity contribution in [3.63, 3.8) is 0 Å². The molecule has 0 aliphatic carbocycles. The Labute approximate surface area is 239 Å². The lowest BCUT2D eigenvalue weighted by Gasteiger charge is -2.39. The highest BCUT2D eigenvalue weighted by atomic mass is 28.4. The molecule has 10 heteroatoms. The highest BCUT2D eigenvalue weighted by molar-refractivity contribution is 6.74. The summed E-state index contributed by atoms with van der Waals surface area (Å²) in [6, 6.07) is 10.2. The van der Waals surface area contributed by atoms with Crippen molar-refractivity contribution in [3.05, 3.63) is 47.3 Å². The van der Waals surface area contributed by atoms with Gasteiger partial charge < -0.3 is 20.2 Å². The van der Waals surface area contributed by atoms with Crippen LogP contribution < -0.4 is 10.6 Å². The molecule has 0 bridgehead atoms. The molecule has 1 atom stereocenters. The fourth-order valence-corrected chi connectivity index (χ4v) is 5.61. The molecule has 0 fully saturated rings. The van der Waals surface area contributed by atoms with Gasteiger partial charge in [0, 0.05) is 42.9 Å². The average Bonchev–Trinajstić information content (AvgIpc) is 3.39. The second kappa shape index (κ2) is 10.6. The summed E-state index contributed by atoms with van der Waals surface area (Å²) >= 11 is 0. The summed E-state index contributed by atoms with van der Waals surface area (Å²) in [5.74, 6) is 1.19. The van der Waals surface area contributed by atoms with Gasteiger partial charge in [0.15, 0.2) is 8.32 Å². The molecule has 0 unspecified atom stereocenters. The maximum Gasteiger partial charge on any atom is 0.228 e. The Kier molecular flexibility index (Phi) is 7.89. The van der Waals surface area contributed by atoms with E-state index in [2.05, 4.69) is 73.6 Å². The van der Waals surface area contributed by atoms with Crippen LogP contribution in [0.1, 0.15) is 64.8 Å². The Balaban J connectivity index is 1.64. The number of rotatable bonds is 9. The number of anilines is 3. The quantitative estimate of drug-likeness (QED) is 0.267. The smallest absolute Gasteiger partial charge is 0.228 e. The zero-order chi connectivity index (χ0) is 29.5. The van der Waals surface area contributed by atoms with Gasteiger partial charge in [-0.15, -0.1) is 0 Å². The lowest BCUT2D eigenvalue weighted by Crippen LogP contribution is -2.45. The lowest BCUT2D eigenvalue weighted by atomic mass is 9.83. The molecule has 0 spiro atoms. The number of nitrogens with one attached hydrogen (secondary N) is 2. The summed E-state index contributed by atoms with van der Waals surface area (Å²) in [6.45, 7) is 20.8. The molecule has 3 heterocycles. The normalized spacial score (nSPS) is 17.3. The van der Waals surface area contributed by atoms with E-state index in [0.717, 1.165) is 34.0 Å². The van der Waals surface area contributed by atoms with E-state index in [1.807, 2.05) is 29.8 Å². The number of aliphatic hydroxyl groups is 1. The van der Waals surface area contributed by atoms with Crippen molar-refractivity contribution in [2.24, 2.45) is 0 Å². The van der Waals surface area contributed by atoms with Gasteiger partial charge in [0.2, 0.25) is 5.95 Å². The van der Waals surface area contributed by atoms with E-state index in [1.165, 1.54) is 0 Å². The maximum atomic E-state index is 10.2. The monoisotopic (exact) mass is 561 g/mol. The van der Waals surface area contributed by atoms with Gasteiger partial charge in [-0.1, -0.05) is 27.7 Å². The minimum atomic E-state index is -1.95. The topological polar surface area (TPSA) is 121 Å². The van der Waals surface area contributed by atoms with Crippen molar-refractivity contribution in [1.29, 1.82) is 5.26 Å². The third-order valence-corrected chi connectivity index (χ3v) is 12.6. The zero-order valence-corrected chi connectivity index (χ0v) is 26.3. The molecule has 0 saturated heterocycles. The minimum Gasteiger partial charge on any atom is -0.416 e. The van der Waals surface area contributed by atoms with Crippen LogP contribution in [0.25, 0.3) is 11.3 Å². The Bertz CT molecular complexity index is 1430. The van der Waals surface area contributed by atoms with Crippen LogP contribution in [-0.4, -0.2) is 51.9 Å². The van der Waals surface area contributed by atoms with E-state index in [9.17, 15) is 10.4 Å². The van der Waals surface area contributed by atoms with Gasteiger partial charge in [-0.3, -0.25) is 0 Å². The molecule has 4 rings (SSSR count). The van der Waals surface area contributed by atoms with Gasteiger partial charge in [-0.05, 0) is 69.1 Å². The second-order valence-electron chi connectivity index (χ2n) is 13.4. The van der Waals surface area contributed by atoms with Crippen LogP contribution in [0.5, 0.6) is 0 Å². The van der Waals surface area contributed by atoms with E-state index in [4.69, 9.17) is 9.41 Å². The van der Waals surface area contributed by atoms with Crippen LogP contribution in [0.15, 0.2) is 30.5 Å². The Hall–Kier alpha value is -3.26. The fraction of sp³-hybridized carbons (Fsp3) is 0.533. The Morgan fingerprint density at radius 2 is 1.95 bits per heavy atom. The molecule has 40 heavy (non-hydrogen) atoms. The van der Waals surface area contributed by atoms with Crippen molar-refractivity contribution in [1.82, 2.24) is 19.7 Å². The molecular formula is C30H43N7O2Si. The number of aromatic nitrogens is 4. The van der Waals surface area contributed by atoms with Crippen LogP contribution in [0.3, 0.4) is 0 Å². The average molecular weight is 562 g/mol. The summed E-state index contributed by atoms with van der Waals surface area (Å²) in [6.07, 6.45) is 2.27. The third kappa shape index (κ3) is 6.38. The predicted octanol–water partition coefficient (Wildman–Crippen LogP) is 6.13. The van der Waals surface area contributed by atoms with E-state index in [0.29, 0.717) is 37.6 Å². The number of aryl methyl sites for hydroxylation is 2. The number of nitrogens with zero attached hydrogens (tertiary/aromatic N) is 5. The summed E-state index contributed by atoms with van der Waals surface area (Å²) in [4.78, 5) is 9.23. The number of fused-ring (bicyclic) bond motifs is 1. The molecule has 214 valence electrons. The second-order valence-corrected chi connectivity index (χ2v) is 18.2. The van der Waals surface area contributed by atoms with Gasteiger partial charge in [0.25, 0.3) is 0 Å². The number of hydrogen-bond acceptors (Lipinski definition) is 8. The first-order valence-corrected chi connectivity index (χ1v) is 16.8. The number of nitriles is 1. The molecule has 0 amide bonds. The summed E-state index contributed by atoms with van der Waals surface area (Å²) < 4.78 is 8.48. The van der Waals surface area contributed by atoms with Gasteiger partial charge in [-0.2, -0.15) is 10.4 Å². The third-order valence-electron chi connectivity index (χ3n) is 8.15. The van der Waals surface area contributed by atoms with Crippen molar-refractivity contribution in [2.45, 2.75) is 90.6 Å². The first-order chi connectivity index (χ1) is 18.5. The van der Waals surface area contributed by atoms with Gasteiger partial charge in [-0.25, -0.2) is 14.6 Å². The molecule has 3 aromatic rings. The largest absolute Gasteiger partial charge is 0.416 e. The summed E-state index contributed by atoms with van der Waals surface area (Å²) in [5, 5.41) is 31.6. The Morgan fingerprint density at radius 1 is 1.23 bits per heavy atom. The predicted molar refractivity (Wildman–Crippen MR) is 162 cm³/mol. The molecule has 9 nitrogen and oxygen atoms in total. The molecule has 1 aliphatic rings. The van der Waals surface area contributed by atoms with E-state index in [-0.39, 0.29) is 10.5 Å². The summed E-state index contributed by atoms with van der Waals surface area (Å²) in [7, 11) is -1.95. The number of hydrogen-bond donors (Lipinski definition) is 3. The van der Waals surface area contributed by atoms with Crippen molar-refractivity contribution >= 4 is 25.8 Å². The number of benzene rings is 1. The van der Waals surface area contributed by atoms with Gasteiger partial charge in [0.05, 0.1) is 28.2 Å². The molecule has 0 saturated carbocycles. The van der Waals surface area contributed by atoms with Gasteiger partial charge >= 0.3 is 0 Å². The van der Waals surface area contributed by atoms with Crippen LogP contribution in [0, 0.1) is 18.3 Å².